The maximum absolute atomic E-state index is 12.1. The standard InChI is InChI=1S/C17H27N7O7/c1-6(16(29)30)21-14(27)8(18)3-4-10(25)31-7(2)12(26)9-5-20-13-11(22-9)15(28)24-17(19)23-13/h6-9,12,22,26H,3-5,18H2,1-2H3,(H,21,27)(H,29,30)(H4,19,20,23,24,28)/t6-,7+,8-,9-,12+/m1/s1. The van der Waals surface area contributed by atoms with Crippen molar-refractivity contribution in [1.29, 1.82) is 0 Å². The molecule has 1 amide bonds. The van der Waals surface area contributed by atoms with E-state index in [0.717, 1.165) is 0 Å². The highest BCUT2D eigenvalue weighted by Crippen LogP contribution is 2.22. The molecule has 0 saturated carbocycles. The Bertz CT molecular complexity index is 890. The zero-order valence-electron chi connectivity index (χ0n) is 17.0. The number of carbonyl (C=O) groups excluding carboxylic acids is 2. The lowest BCUT2D eigenvalue weighted by atomic mass is 10.0. The van der Waals surface area contributed by atoms with E-state index in [-0.39, 0.29) is 36.8 Å². The number of aromatic amines is 1. The third-order valence-electron chi connectivity index (χ3n) is 4.69. The Labute approximate surface area is 176 Å². The Hall–Kier alpha value is -3.39. The maximum Gasteiger partial charge on any atom is 0.325 e. The maximum atomic E-state index is 12.1. The van der Waals surface area contributed by atoms with Gasteiger partial charge in [-0.15, -0.1) is 0 Å². The number of anilines is 3. The molecule has 1 aliphatic heterocycles. The molecule has 0 aliphatic carbocycles. The Morgan fingerprint density at radius 1 is 1.35 bits per heavy atom. The average Bonchev–Trinajstić information content (AvgIpc) is 2.70. The molecule has 1 aliphatic rings. The number of aliphatic carboxylic acids is 1. The van der Waals surface area contributed by atoms with Gasteiger partial charge >= 0.3 is 11.9 Å². The van der Waals surface area contributed by atoms with Gasteiger partial charge in [0, 0.05) is 13.0 Å². The van der Waals surface area contributed by atoms with Crippen LogP contribution in [0.1, 0.15) is 26.7 Å². The van der Waals surface area contributed by atoms with Gasteiger partial charge in [0.25, 0.3) is 5.56 Å². The minimum absolute atomic E-state index is 0.0522. The van der Waals surface area contributed by atoms with Crippen LogP contribution in [0, 0.1) is 0 Å². The number of rotatable bonds is 9. The molecule has 0 aromatic carbocycles. The third kappa shape index (κ3) is 6.29. The first-order chi connectivity index (χ1) is 14.5. The summed E-state index contributed by atoms with van der Waals surface area (Å²) in [6.07, 6.45) is -2.39. The van der Waals surface area contributed by atoms with E-state index in [4.69, 9.17) is 21.3 Å². The second-order valence-electron chi connectivity index (χ2n) is 7.21. The summed E-state index contributed by atoms with van der Waals surface area (Å²) in [6.45, 7) is 2.96. The first-order valence-electron chi connectivity index (χ1n) is 9.56. The highest BCUT2D eigenvalue weighted by molar-refractivity contribution is 5.86. The van der Waals surface area contributed by atoms with Crippen molar-refractivity contribution >= 4 is 35.3 Å². The van der Waals surface area contributed by atoms with Crippen LogP contribution < -0.4 is 33.0 Å². The number of carboxylic acids is 1. The first-order valence-corrected chi connectivity index (χ1v) is 9.56. The number of carboxylic acid groups (broad SMARTS) is 1. The normalized spacial score (nSPS) is 18.9. The molecule has 31 heavy (non-hydrogen) atoms. The summed E-state index contributed by atoms with van der Waals surface area (Å²) in [5.74, 6) is -2.41. The Morgan fingerprint density at radius 2 is 2.03 bits per heavy atom. The predicted octanol–water partition coefficient (Wildman–Crippen LogP) is -2.45. The van der Waals surface area contributed by atoms with Crippen LogP contribution in [0.15, 0.2) is 4.79 Å². The van der Waals surface area contributed by atoms with Crippen LogP contribution in [0.5, 0.6) is 0 Å². The van der Waals surface area contributed by atoms with Crippen molar-refractivity contribution in [2.24, 2.45) is 5.73 Å². The molecule has 1 aromatic rings. The summed E-state index contributed by atoms with van der Waals surface area (Å²) >= 11 is 0. The van der Waals surface area contributed by atoms with Gasteiger partial charge in [0.1, 0.15) is 23.9 Å². The van der Waals surface area contributed by atoms with Crippen molar-refractivity contribution in [2.75, 3.05) is 22.9 Å². The number of aliphatic hydroxyl groups excluding tert-OH is 1. The number of aliphatic hydroxyl groups is 1. The number of hydrogen-bond donors (Lipinski definition) is 8. The Balaban J connectivity index is 1.83. The van der Waals surface area contributed by atoms with Crippen molar-refractivity contribution in [1.82, 2.24) is 15.3 Å². The highest BCUT2D eigenvalue weighted by Gasteiger charge is 2.32. The number of nitrogen functional groups attached to an aromatic ring is 1. The summed E-state index contributed by atoms with van der Waals surface area (Å²) in [6, 6.07) is -2.87. The summed E-state index contributed by atoms with van der Waals surface area (Å²) in [5.41, 5.74) is 10.7. The van der Waals surface area contributed by atoms with Gasteiger partial charge in [0.2, 0.25) is 11.9 Å². The SMILES string of the molecule is C[C@H](OC(=O)CC[C@@H](N)C(=O)N[C@H](C)C(=O)O)[C@H](O)[C@H]1CNc2nc(N)[nH]c(=O)c2N1. The molecule has 0 radical (unpaired) electrons. The smallest absolute Gasteiger partial charge is 0.325 e. The predicted molar refractivity (Wildman–Crippen MR) is 109 cm³/mol. The molecule has 0 spiro atoms. The quantitative estimate of drug-likeness (QED) is 0.186. The molecule has 0 fully saturated rings. The molecule has 2 rings (SSSR count). The monoisotopic (exact) mass is 441 g/mol. The fraction of sp³-hybridized carbons (Fsp3) is 0.588. The van der Waals surface area contributed by atoms with E-state index in [2.05, 4.69) is 25.9 Å². The number of nitrogens with one attached hydrogen (secondary N) is 4. The minimum Gasteiger partial charge on any atom is -0.480 e. The number of carbonyl (C=O) groups is 3. The second kappa shape index (κ2) is 10.1. The molecule has 10 N–H and O–H groups in total. The van der Waals surface area contributed by atoms with Gasteiger partial charge in [-0.2, -0.15) is 4.98 Å². The van der Waals surface area contributed by atoms with Gasteiger partial charge in [-0.1, -0.05) is 0 Å². The zero-order chi connectivity index (χ0) is 23.3. The topological polar surface area (TPSA) is 235 Å². The molecule has 1 aromatic heterocycles. The molecule has 14 nitrogen and oxygen atoms in total. The number of nitrogens with two attached hydrogens (primary N) is 2. The summed E-state index contributed by atoms with van der Waals surface area (Å²) in [5, 5.41) is 27.2. The second-order valence-corrected chi connectivity index (χ2v) is 7.21. The van der Waals surface area contributed by atoms with Crippen LogP contribution in [-0.4, -0.2) is 74.9 Å². The van der Waals surface area contributed by atoms with E-state index in [1.807, 2.05) is 0 Å². The molecule has 172 valence electrons. The Morgan fingerprint density at radius 3 is 2.68 bits per heavy atom. The fourth-order valence-corrected chi connectivity index (χ4v) is 2.85. The molecule has 14 heteroatoms. The van der Waals surface area contributed by atoms with Crippen molar-refractivity contribution < 1.29 is 29.3 Å². The lowest BCUT2D eigenvalue weighted by Crippen LogP contribution is -2.50. The number of esters is 1. The molecule has 2 heterocycles. The van der Waals surface area contributed by atoms with E-state index in [0.29, 0.717) is 0 Å². The van der Waals surface area contributed by atoms with Crippen molar-refractivity contribution in [2.45, 2.75) is 57.0 Å². The lowest BCUT2D eigenvalue weighted by molar-refractivity contribution is -0.154. The highest BCUT2D eigenvalue weighted by atomic mass is 16.6. The number of H-pyrrole nitrogens is 1. The van der Waals surface area contributed by atoms with E-state index < -0.39 is 53.7 Å². The van der Waals surface area contributed by atoms with E-state index in [1.165, 1.54) is 13.8 Å². The Kier molecular flexibility index (Phi) is 7.77. The lowest BCUT2D eigenvalue weighted by Gasteiger charge is -2.32. The third-order valence-corrected chi connectivity index (χ3v) is 4.69. The molecule has 0 bridgehead atoms. The van der Waals surface area contributed by atoms with Gasteiger partial charge in [-0.05, 0) is 20.3 Å². The number of aromatic nitrogens is 2. The van der Waals surface area contributed by atoms with Crippen LogP contribution >= 0.6 is 0 Å². The van der Waals surface area contributed by atoms with Gasteiger partial charge in [-0.3, -0.25) is 24.2 Å². The van der Waals surface area contributed by atoms with E-state index >= 15 is 0 Å². The zero-order valence-corrected chi connectivity index (χ0v) is 17.0. The van der Waals surface area contributed by atoms with E-state index in [9.17, 15) is 24.3 Å². The minimum atomic E-state index is -1.21. The molecular weight excluding hydrogens is 414 g/mol. The van der Waals surface area contributed by atoms with Crippen molar-refractivity contribution in [3.63, 3.8) is 0 Å². The number of amides is 1. The molecular formula is C17H27N7O7. The summed E-state index contributed by atoms with van der Waals surface area (Å²) < 4.78 is 5.19. The van der Waals surface area contributed by atoms with Crippen molar-refractivity contribution in [3.8, 4) is 0 Å². The first kappa shape index (κ1) is 23.9. The largest absolute Gasteiger partial charge is 0.480 e. The average molecular weight is 441 g/mol. The van der Waals surface area contributed by atoms with Crippen LogP contribution in [0.2, 0.25) is 0 Å². The van der Waals surface area contributed by atoms with Crippen LogP contribution in [0.3, 0.4) is 0 Å². The number of fused-ring (bicyclic) bond motifs is 1. The van der Waals surface area contributed by atoms with Gasteiger partial charge < -0.3 is 42.4 Å². The molecule has 5 atom stereocenters. The molecule has 0 unspecified atom stereocenters. The van der Waals surface area contributed by atoms with Crippen LogP contribution in [0.25, 0.3) is 0 Å². The van der Waals surface area contributed by atoms with Gasteiger partial charge in [-0.25, -0.2) is 0 Å². The van der Waals surface area contributed by atoms with Crippen LogP contribution in [-0.2, 0) is 19.1 Å². The van der Waals surface area contributed by atoms with Gasteiger partial charge in [0.15, 0.2) is 5.82 Å². The van der Waals surface area contributed by atoms with Crippen LogP contribution in [0.4, 0.5) is 17.5 Å². The number of nitrogens with zero attached hydrogens (tertiary/aromatic N) is 1. The molecule has 0 saturated heterocycles. The fourth-order valence-electron chi connectivity index (χ4n) is 2.85. The van der Waals surface area contributed by atoms with Crippen molar-refractivity contribution in [3.05, 3.63) is 10.4 Å². The number of ether oxygens (including phenoxy) is 1. The summed E-state index contributed by atoms with van der Waals surface area (Å²) in [7, 11) is 0. The number of hydrogen-bond acceptors (Lipinski definition) is 11. The van der Waals surface area contributed by atoms with Gasteiger partial charge in [0.05, 0.1) is 12.1 Å². The van der Waals surface area contributed by atoms with E-state index in [1.54, 1.807) is 0 Å². The summed E-state index contributed by atoms with van der Waals surface area (Å²) in [4.78, 5) is 52.9.